The quantitative estimate of drug-likeness (QED) is 0.566. The fourth-order valence-electron chi connectivity index (χ4n) is 3.80. The second kappa shape index (κ2) is 10.5. The van der Waals surface area contributed by atoms with Crippen LogP contribution in [-0.2, 0) is 9.59 Å². The molecule has 0 aromatic heterocycles. The van der Waals surface area contributed by atoms with Gasteiger partial charge in [0, 0.05) is 32.5 Å². The van der Waals surface area contributed by atoms with Crippen molar-refractivity contribution in [1.29, 1.82) is 0 Å². The summed E-state index contributed by atoms with van der Waals surface area (Å²) in [6.45, 7) is 2.90. The Morgan fingerprint density at radius 2 is 1.83 bits per heavy atom. The number of allylic oxidation sites excluding steroid dienone is 1. The van der Waals surface area contributed by atoms with Crippen LogP contribution < -0.4 is 5.32 Å². The zero-order valence-electron chi connectivity index (χ0n) is 15.3. The number of nitrogens with one attached hydrogen (secondary N) is 1. The summed E-state index contributed by atoms with van der Waals surface area (Å²) in [5, 5.41) is 3.17. The molecular formula is C20H34N2O2. The van der Waals surface area contributed by atoms with Gasteiger partial charge in [-0.2, -0.15) is 0 Å². The van der Waals surface area contributed by atoms with Crippen LogP contribution >= 0.6 is 0 Å². The molecule has 4 heteroatoms. The number of hydrogen-bond donors (Lipinski definition) is 1. The van der Waals surface area contributed by atoms with E-state index in [1.54, 1.807) is 6.92 Å². The third-order valence-electron chi connectivity index (χ3n) is 5.36. The Bertz CT molecular complexity index is 437. The molecular weight excluding hydrogens is 300 g/mol. The fraction of sp³-hybridized carbons (Fsp3) is 0.800. The molecule has 0 heterocycles. The number of hydrogen-bond acceptors (Lipinski definition) is 2. The molecule has 24 heavy (non-hydrogen) atoms. The first-order valence-electron chi connectivity index (χ1n) is 9.88. The molecule has 1 saturated carbocycles. The maximum Gasteiger partial charge on any atom is 0.221 e. The SMILES string of the molecule is CC(=O)N(CCC(=O)NC1CCCCCC1)CCC1=CCCCC1. The highest BCUT2D eigenvalue weighted by Crippen LogP contribution is 2.20. The van der Waals surface area contributed by atoms with E-state index in [4.69, 9.17) is 0 Å². The van der Waals surface area contributed by atoms with Crippen molar-refractivity contribution in [3.05, 3.63) is 11.6 Å². The van der Waals surface area contributed by atoms with Gasteiger partial charge in [-0.1, -0.05) is 37.3 Å². The first-order chi connectivity index (χ1) is 11.6. The molecule has 0 aromatic carbocycles. The van der Waals surface area contributed by atoms with Crippen LogP contribution in [0.1, 0.15) is 84.0 Å². The van der Waals surface area contributed by atoms with Crippen molar-refractivity contribution in [2.45, 2.75) is 90.0 Å². The summed E-state index contributed by atoms with van der Waals surface area (Å²) in [4.78, 5) is 25.9. The topological polar surface area (TPSA) is 49.4 Å². The summed E-state index contributed by atoms with van der Waals surface area (Å²) in [6, 6.07) is 0.346. The monoisotopic (exact) mass is 334 g/mol. The van der Waals surface area contributed by atoms with Crippen molar-refractivity contribution in [2.24, 2.45) is 0 Å². The number of rotatable bonds is 7. The maximum atomic E-state index is 12.2. The van der Waals surface area contributed by atoms with Gasteiger partial charge >= 0.3 is 0 Å². The molecule has 136 valence electrons. The number of nitrogens with zero attached hydrogens (tertiary/aromatic N) is 1. The van der Waals surface area contributed by atoms with E-state index in [-0.39, 0.29) is 11.8 Å². The average Bonchev–Trinajstić information content (AvgIpc) is 2.84. The standard InChI is InChI=1S/C20H34N2O2/c1-17(23)22(15-13-18-9-5-4-6-10-18)16-14-20(24)21-19-11-7-2-3-8-12-19/h9,19H,2-8,10-16H2,1H3,(H,21,24). The van der Waals surface area contributed by atoms with Crippen molar-refractivity contribution in [2.75, 3.05) is 13.1 Å². The number of carbonyl (C=O) groups excluding carboxylic acids is 2. The van der Waals surface area contributed by atoms with Gasteiger partial charge in [0.25, 0.3) is 0 Å². The van der Waals surface area contributed by atoms with E-state index in [1.165, 1.54) is 56.9 Å². The molecule has 1 N–H and O–H groups in total. The molecule has 0 saturated heterocycles. The van der Waals surface area contributed by atoms with Crippen LogP contribution in [0.5, 0.6) is 0 Å². The predicted octanol–water partition coefficient (Wildman–Crippen LogP) is 3.95. The first-order valence-corrected chi connectivity index (χ1v) is 9.88. The zero-order chi connectivity index (χ0) is 17.2. The van der Waals surface area contributed by atoms with Gasteiger partial charge in [-0.3, -0.25) is 9.59 Å². The van der Waals surface area contributed by atoms with Crippen molar-refractivity contribution >= 4 is 11.8 Å². The molecule has 2 amide bonds. The highest BCUT2D eigenvalue weighted by atomic mass is 16.2. The molecule has 1 fully saturated rings. The number of carbonyl (C=O) groups is 2. The Morgan fingerprint density at radius 1 is 1.08 bits per heavy atom. The Balaban J connectivity index is 1.70. The predicted molar refractivity (Wildman–Crippen MR) is 97.7 cm³/mol. The van der Waals surface area contributed by atoms with Gasteiger partial charge in [-0.25, -0.2) is 0 Å². The second-order valence-corrected chi connectivity index (χ2v) is 7.37. The van der Waals surface area contributed by atoms with Gasteiger partial charge in [0.2, 0.25) is 11.8 Å². The molecule has 0 spiro atoms. The molecule has 4 nitrogen and oxygen atoms in total. The largest absolute Gasteiger partial charge is 0.353 e. The van der Waals surface area contributed by atoms with Gasteiger partial charge < -0.3 is 10.2 Å². The van der Waals surface area contributed by atoms with Crippen molar-refractivity contribution in [1.82, 2.24) is 10.2 Å². The van der Waals surface area contributed by atoms with E-state index in [0.717, 1.165) is 25.8 Å². The summed E-state index contributed by atoms with van der Waals surface area (Å²) in [5.41, 5.74) is 1.48. The smallest absolute Gasteiger partial charge is 0.221 e. The lowest BCUT2D eigenvalue weighted by molar-refractivity contribution is -0.129. The molecule has 0 aliphatic heterocycles. The molecule has 0 bridgehead atoms. The Kier molecular flexibility index (Phi) is 8.34. The summed E-state index contributed by atoms with van der Waals surface area (Å²) in [5.74, 6) is 0.179. The minimum absolute atomic E-state index is 0.0775. The lowest BCUT2D eigenvalue weighted by Crippen LogP contribution is -2.38. The second-order valence-electron chi connectivity index (χ2n) is 7.37. The zero-order valence-corrected chi connectivity index (χ0v) is 15.3. The number of amides is 2. The van der Waals surface area contributed by atoms with Crippen LogP contribution in [0.2, 0.25) is 0 Å². The molecule has 2 rings (SSSR count). The summed E-state index contributed by atoms with van der Waals surface area (Å²) < 4.78 is 0. The van der Waals surface area contributed by atoms with E-state index in [2.05, 4.69) is 11.4 Å². The van der Waals surface area contributed by atoms with E-state index in [0.29, 0.717) is 19.0 Å². The highest BCUT2D eigenvalue weighted by Gasteiger charge is 2.16. The Morgan fingerprint density at radius 3 is 2.46 bits per heavy atom. The van der Waals surface area contributed by atoms with Crippen molar-refractivity contribution in [3.8, 4) is 0 Å². The van der Waals surface area contributed by atoms with Gasteiger partial charge in [0.05, 0.1) is 0 Å². The Labute approximate surface area is 147 Å². The molecule has 2 aliphatic carbocycles. The van der Waals surface area contributed by atoms with Crippen LogP contribution in [-0.4, -0.2) is 35.8 Å². The molecule has 0 unspecified atom stereocenters. The normalized spacial score (nSPS) is 19.3. The van der Waals surface area contributed by atoms with E-state index in [9.17, 15) is 9.59 Å². The molecule has 0 aromatic rings. The van der Waals surface area contributed by atoms with Gasteiger partial charge in [-0.15, -0.1) is 0 Å². The minimum Gasteiger partial charge on any atom is -0.353 e. The molecule has 2 aliphatic rings. The third kappa shape index (κ3) is 7.06. The molecule has 0 radical (unpaired) electrons. The first kappa shape index (κ1) is 19.0. The lowest BCUT2D eigenvalue weighted by atomic mass is 9.97. The summed E-state index contributed by atoms with van der Waals surface area (Å²) in [6.07, 6.45) is 15.9. The van der Waals surface area contributed by atoms with Gasteiger partial charge in [-0.05, 0) is 44.9 Å². The molecule has 0 atom stereocenters. The van der Waals surface area contributed by atoms with Crippen LogP contribution in [0, 0.1) is 0 Å². The Hall–Kier alpha value is -1.32. The maximum absolute atomic E-state index is 12.2. The van der Waals surface area contributed by atoms with Crippen LogP contribution in [0.4, 0.5) is 0 Å². The van der Waals surface area contributed by atoms with Gasteiger partial charge in [0.15, 0.2) is 0 Å². The van der Waals surface area contributed by atoms with E-state index in [1.807, 2.05) is 4.90 Å². The highest BCUT2D eigenvalue weighted by molar-refractivity contribution is 5.78. The van der Waals surface area contributed by atoms with Crippen molar-refractivity contribution < 1.29 is 9.59 Å². The minimum atomic E-state index is 0.0775. The van der Waals surface area contributed by atoms with Crippen LogP contribution in [0.3, 0.4) is 0 Å². The van der Waals surface area contributed by atoms with Crippen molar-refractivity contribution in [3.63, 3.8) is 0 Å². The van der Waals surface area contributed by atoms with E-state index < -0.39 is 0 Å². The van der Waals surface area contributed by atoms with E-state index >= 15 is 0 Å². The summed E-state index contributed by atoms with van der Waals surface area (Å²) in [7, 11) is 0. The average molecular weight is 335 g/mol. The lowest BCUT2D eigenvalue weighted by Gasteiger charge is -2.23. The fourth-order valence-corrected chi connectivity index (χ4v) is 3.80. The van der Waals surface area contributed by atoms with Crippen LogP contribution in [0.15, 0.2) is 11.6 Å². The van der Waals surface area contributed by atoms with Gasteiger partial charge in [0.1, 0.15) is 0 Å². The van der Waals surface area contributed by atoms with Crippen LogP contribution in [0.25, 0.3) is 0 Å². The summed E-state index contributed by atoms with van der Waals surface area (Å²) >= 11 is 0. The third-order valence-corrected chi connectivity index (χ3v) is 5.36.